The van der Waals surface area contributed by atoms with Gasteiger partial charge < -0.3 is 15.0 Å². The van der Waals surface area contributed by atoms with Crippen LogP contribution in [0.2, 0.25) is 5.02 Å². The van der Waals surface area contributed by atoms with Crippen molar-refractivity contribution in [1.82, 2.24) is 19.7 Å². The van der Waals surface area contributed by atoms with Crippen LogP contribution in [-0.4, -0.2) is 31.8 Å². The van der Waals surface area contributed by atoms with E-state index in [0.29, 0.717) is 33.2 Å². The number of benzene rings is 2. The number of para-hydroxylation sites is 1. The Bertz CT molecular complexity index is 1410. The summed E-state index contributed by atoms with van der Waals surface area (Å²) >= 11 is 7.81. The zero-order chi connectivity index (χ0) is 23.8. The highest BCUT2D eigenvalue weighted by Gasteiger charge is 2.36. The summed E-state index contributed by atoms with van der Waals surface area (Å²) in [5.74, 6) is 0.840. The highest BCUT2D eigenvalue weighted by Crippen LogP contribution is 2.40. The maximum absolute atomic E-state index is 13.2. The van der Waals surface area contributed by atoms with E-state index in [2.05, 4.69) is 10.3 Å². The van der Waals surface area contributed by atoms with Gasteiger partial charge in [-0.05, 0) is 38.5 Å². The van der Waals surface area contributed by atoms with Gasteiger partial charge in [-0.25, -0.2) is 9.48 Å². The number of aromatic amines is 1. The molecule has 1 aliphatic heterocycles. The molecule has 2 aromatic heterocycles. The summed E-state index contributed by atoms with van der Waals surface area (Å²) in [5.41, 5.74) is 4.14. The van der Waals surface area contributed by atoms with Crippen molar-refractivity contribution >= 4 is 46.2 Å². The van der Waals surface area contributed by atoms with Crippen molar-refractivity contribution in [2.24, 2.45) is 0 Å². The maximum atomic E-state index is 13.2. The molecule has 4 aromatic rings. The molecule has 0 amide bonds. The Morgan fingerprint density at radius 2 is 1.97 bits per heavy atom. The van der Waals surface area contributed by atoms with Gasteiger partial charge in [0, 0.05) is 39.1 Å². The highest BCUT2D eigenvalue weighted by molar-refractivity contribution is 7.98. The lowest BCUT2D eigenvalue weighted by Gasteiger charge is -2.28. The van der Waals surface area contributed by atoms with Crippen LogP contribution in [0.3, 0.4) is 0 Å². The van der Waals surface area contributed by atoms with Crippen LogP contribution in [-0.2, 0) is 15.3 Å². The average Bonchev–Trinajstić information content (AvgIpc) is 3.41. The van der Waals surface area contributed by atoms with E-state index in [0.717, 1.165) is 22.0 Å². The van der Waals surface area contributed by atoms with E-state index < -0.39 is 6.04 Å². The Morgan fingerprint density at radius 1 is 1.21 bits per heavy atom. The lowest BCUT2D eigenvalue weighted by molar-refractivity contribution is -0.143. The minimum atomic E-state index is -0.485. The van der Waals surface area contributed by atoms with Crippen molar-refractivity contribution in [3.8, 4) is 0 Å². The molecule has 0 aliphatic carbocycles. The summed E-state index contributed by atoms with van der Waals surface area (Å²) in [6.07, 6.45) is 1.69. The maximum Gasteiger partial charge on any atom is 0.338 e. The Morgan fingerprint density at radius 3 is 2.76 bits per heavy atom. The molecule has 34 heavy (non-hydrogen) atoms. The van der Waals surface area contributed by atoms with Gasteiger partial charge in [-0.3, -0.25) is 0 Å². The normalized spacial score (nSPS) is 15.5. The molecule has 174 valence electrons. The fraction of sp³-hybridized carbons (Fsp3) is 0.240. The number of nitrogens with zero attached hydrogens (tertiary/aromatic N) is 3. The smallest absolute Gasteiger partial charge is 0.338 e. The number of allylic oxidation sites excluding steroid dienone is 1. The van der Waals surface area contributed by atoms with Gasteiger partial charge in [-0.2, -0.15) is 4.98 Å². The zero-order valence-electron chi connectivity index (χ0n) is 19.0. The van der Waals surface area contributed by atoms with Gasteiger partial charge in [0.1, 0.15) is 6.04 Å². The third-order valence-corrected chi connectivity index (χ3v) is 6.88. The van der Waals surface area contributed by atoms with Gasteiger partial charge in [0.25, 0.3) is 0 Å². The number of hydrogen-bond donors (Lipinski definition) is 2. The predicted octanol–water partition coefficient (Wildman–Crippen LogP) is 5.95. The predicted molar refractivity (Wildman–Crippen MR) is 135 cm³/mol. The van der Waals surface area contributed by atoms with E-state index in [9.17, 15) is 4.79 Å². The molecule has 1 aliphatic rings. The topological polar surface area (TPSA) is 84.8 Å². The van der Waals surface area contributed by atoms with E-state index in [1.807, 2.05) is 75.5 Å². The average molecular weight is 494 g/mol. The zero-order valence-corrected chi connectivity index (χ0v) is 20.6. The van der Waals surface area contributed by atoms with Crippen LogP contribution in [0.1, 0.15) is 37.9 Å². The number of rotatable bonds is 6. The molecule has 7 nitrogen and oxygen atoms in total. The molecule has 0 radical (unpaired) electrons. The molecular weight excluding hydrogens is 470 g/mol. The number of esters is 1. The molecule has 0 saturated carbocycles. The van der Waals surface area contributed by atoms with Crippen LogP contribution in [0.15, 0.2) is 71.2 Å². The summed E-state index contributed by atoms with van der Waals surface area (Å²) in [6, 6.07) is 15.3. The summed E-state index contributed by atoms with van der Waals surface area (Å²) in [4.78, 5) is 21.2. The van der Waals surface area contributed by atoms with E-state index >= 15 is 0 Å². The largest absolute Gasteiger partial charge is 0.459 e. The third kappa shape index (κ3) is 4.19. The van der Waals surface area contributed by atoms with Crippen molar-refractivity contribution in [3.63, 3.8) is 0 Å². The number of thioether (sulfide) groups is 1. The second-order valence-corrected chi connectivity index (χ2v) is 9.70. The van der Waals surface area contributed by atoms with Gasteiger partial charge >= 0.3 is 5.97 Å². The quantitative estimate of drug-likeness (QED) is 0.255. The highest BCUT2D eigenvalue weighted by atomic mass is 35.5. The fourth-order valence-electron chi connectivity index (χ4n) is 4.10. The Kier molecular flexibility index (Phi) is 6.10. The SMILES string of the molecule is CC1=C(C(=O)OC(C)C)C(c2c[nH]c3ccccc23)n2nc(SCc3ccccc3Cl)nc2N1. The first-order chi connectivity index (χ1) is 16.4. The first-order valence-electron chi connectivity index (χ1n) is 11.0. The number of carbonyl (C=O) groups is 1. The van der Waals surface area contributed by atoms with Crippen molar-refractivity contribution < 1.29 is 9.53 Å². The van der Waals surface area contributed by atoms with Crippen molar-refractivity contribution in [2.75, 3.05) is 5.32 Å². The molecule has 0 saturated heterocycles. The van der Waals surface area contributed by atoms with E-state index in [-0.39, 0.29) is 12.1 Å². The number of hydrogen-bond acceptors (Lipinski definition) is 6. The van der Waals surface area contributed by atoms with E-state index in [4.69, 9.17) is 26.4 Å². The first-order valence-corrected chi connectivity index (χ1v) is 12.4. The number of fused-ring (bicyclic) bond motifs is 2. The molecule has 2 aromatic carbocycles. The first kappa shape index (κ1) is 22.6. The second kappa shape index (κ2) is 9.19. The fourth-order valence-corrected chi connectivity index (χ4v) is 5.21. The minimum Gasteiger partial charge on any atom is -0.459 e. The van der Waals surface area contributed by atoms with E-state index in [1.54, 1.807) is 4.68 Å². The molecule has 0 bridgehead atoms. The van der Waals surface area contributed by atoms with Crippen LogP contribution < -0.4 is 5.32 Å². The molecule has 2 N–H and O–H groups in total. The van der Waals surface area contributed by atoms with Crippen molar-refractivity contribution in [3.05, 3.63) is 82.1 Å². The van der Waals surface area contributed by atoms with Crippen molar-refractivity contribution in [1.29, 1.82) is 0 Å². The van der Waals surface area contributed by atoms with Gasteiger partial charge in [-0.15, -0.1) is 5.10 Å². The summed E-state index contributed by atoms with van der Waals surface area (Å²) < 4.78 is 7.38. The number of halogens is 1. The number of anilines is 1. The molecule has 1 unspecified atom stereocenters. The molecular formula is C25H24ClN5O2S. The molecule has 0 fully saturated rings. The molecule has 9 heteroatoms. The number of aromatic nitrogens is 4. The van der Waals surface area contributed by atoms with Gasteiger partial charge in [-0.1, -0.05) is 59.8 Å². The number of H-pyrrole nitrogens is 1. The number of ether oxygens (including phenoxy) is 1. The lowest BCUT2D eigenvalue weighted by Crippen LogP contribution is -2.30. The summed E-state index contributed by atoms with van der Waals surface area (Å²) in [7, 11) is 0. The van der Waals surface area contributed by atoms with Crippen LogP contribution in [0.25, 0.3) is 10.9 Å². The minimum absolute atomic E-state index is 0.240. The molecule has 0 spiro atoms. The Hall–Kier alpha value is -3.23. The number of nitrogens with one attached hydrogen (secondary N) is 2. The monoisotopic (exact) mass is 493 g/mol. The van der Waals surface area contributed by atoms with E-state index in [1.165, 1.54) is 11.8 Å². The Balaban J connectivity index is 1.56. The number of carbonyl (C=O) groups excluding carboxylic acids is 1. The van der Waals surface area contributed by atoms with Crippen LogP contribution >= 0.6 is 23.4 Å². The van der Waals surface area contributed by atoms with Crippen LogP contribution in [0, 0.1) is 0 Å². The van der Waals surface area contributed by atoms with Gasteiger partial charge in [0.05, 0.1) is 11.7 Å². The Labute approximate surface area is 206 Å². The van der Waals surface area contributed by atoms with Crippen LogP contribution in [0.4, 0.5) is 5.95 Å². The second-order valence-electron chi connectivity index (χ2n) is 8.35. The lowest BCUT2D eigenvalue weighted by atomic mass is 9.95. The van der Waals surface area contributed by atoms with Crippen LogP contribution in [0.5, 0.6) is 0 Å². The molecule has 5 rings (SSSR count). The van der Waals surface area contributed by atoms with Gasteiger partial charge in [0.15, 0.2) is 0 Å². The standard InChI is InChI=1S/C25H24ClN5O2S/c1-14(2)33-23(32)21-15(3)28-24-29-25(34-13-16-8-4-6-10-19(16)26)30-31(24)22(21)18-12-27-20-11-7-5-9-17(18)20/h4-12,14,22,27H,13H2,1-3H3,(H,28,29,30). The van der Waals surface area contributed by atoms with Gasteiger partial charge in [0.2, 0.25) is 11.1 Å². The summed E-state index contributed by atoms with van der Waals surface area (Å²) in [6.45, 7) is 5.55. The van der Waals surface area contributed by atoms with Crippen molar-refractivity contribution in [2.45, 2.75) is 43.8 Å². The molecule has 3 heterocycles. The summed E-state index contributed by atoms with van der Waals surface area (Å²) in [5, 5.41) is 10.4. The third-order valence-electron chi connectivity index (χ3n) is 5.63. The molecule has 1 atom stereocenters.